The van der Waals surface area contributed by atoms with E-state index in [1.54, 1.807) is 16.7 Å². The standard InChI is InChI=1S/C20H21N3O2/c24-12-11-22(18-9-8-15-5-1-2-6-17(15)18)14-16-13-20(25)23-10-4-3-7-19(23)21-16/h1-7,10,13,18,24H,8-9,11-12,14H2. The average Bonchev–Trinajstić information content (AvgIpc) is 3.05. The molecule has 1 atom stereocenters. The summed E-state index contributed by atoms with van der Waals surface area (Å²) < 4.78 is 1.55. The number of benzene rings is 1. The fourth-order valence-electron chi connectivity index (χ4n) is 3.78. The van der Waals surface area contributed by atoms with Gasteiger partial charge in [0.15, 0.2) is 0 Å². The normalized spacial score (nSPS) is 16.5. The maximum absolute atomic E-state index is 12.3. The Morgan fingerprint density at radius 2 is 2.04 bits per heavy atom. The van der Waals surface area contributed by atoms with Gasteiger partial charge in [-0.15, -0.1) is 0 Å². The molecule has 1 N–H and O–H groups in total. The second kappa shape index (κ2) is 6.78. The van der Waals surface area contributed by atoms with Crippen molar-refractivity contribution in [1.82, 2.24) is 14.3 Å². The highest BCUT2D eigenvalue weighted by Gasteiger charge is 2.27. The Morgan fingerprint density at radius 1 is 1.20 bits per heavy atom. The van der Waals surface area contributed by atoms with E-state index in [-0.39, 0.29) is 18.2 Å². The van der Waals surface area contributed by atoms with Crippen LogP contribution < -0.4 is 5.56 Å². The van der Waals surface area contributed by atoms with E-state index in [1.165, 1.54) is 11.1 Å². The molecule has 25 heavy (non-hydrogen) atoms. The van der Waals surface area contributed by atoms with Crippen LogP contribution in [0.4, 0.5) is 0 Å². The molecule has 1 aliphatic carbocycles. The van der Waals surface area contributed by atoms with Crippen molar-refractivity contribution in [3.63, 3.8) is 0 Å². The van der Waals surface area contributed by atoms with Gasteiger partial charge in [-0.05, 0) is 36.1 Å². The fraction of sp³-hybridized carbons (Fsp3) is 0.300. The lowest BCUT2D eigenvalue weighted by molar-refractivity contribution is 0.141. The third kappa shape index (κ3) is 3.08. The molecule has 0 bridgehead atoms. The number of aliphatic hydroxyl groups is 1. The number of rotatable bonds is 5. The van der Waals surface area contributed by atoms with Gasteiger partial charge in [0.2, 0.25) is 0 Å². The van der Waals surface area contributed by atoms with Crippen molar-refractivity contribution in [2.75, 3.05) is 13.2 Å². The van der Waals surface area contributed by atoms with E-state index in [4.69, 9.17) is 0 Å². The Labute approximate surface area is 146 Å². The minimum atomic E-state index is -0.0728. The Bertz CT molecular complexity index is 951. The summed E-state index contributed by atoms with van der Waals surface area (Å²) in [7, 11) is 0. The topological polar surface area (TPSA) is 57.8 Å². The SMILES string of the molecule is O=c1cc(CN(CCO)C2CCc3ccccc32)nc2ccccn12. The van der Waals surface area contributed by atoms with Crippen LogP contribution in [0.5, 0.6) is 0 Å². The largest absolute Gasteiger partial charge is 0.395 e. The van der Waals surface area contributed by atoms with E-state index in [0.29, 0.717) is 18.7 Å². The number of fused-ring (bicyclic) bond motifs is 2. The van der Waals surface area contributed by atoms with Crippen molar-refractivity contribution in [1.29, 1.82) is 0 Å². The van der Waals surface area contributed by atoms with Crippen molar-refractivity contribution in [2.24, 2.45) is 0 Å². The molecule has 1 aromatic carbocycles. The Morgan fingerprint density at radius 3 is 2.92 bits per heavy atom. The Kier molecular flexibility index (Phi) is 4.34. The lowest BCUT2D eigenvalue weighted by Gasteiger charge is -2.28. The van der Waals surface area contributed by atoms with Crippen LogP contribution in [0.25, 0.3) is 5.65 Å². The fourth-order valence-corrected chi connectivity index (χ4v) is 3.78. The van der Waals surface area contributed by atoms with Crippen molar-refractivity contribution < 1.29 is 5.11 Å². The zero-order valence-electron chi connectivity index (χ0n) is 14.0. The lowest BCUT2D eigenvalue weighted by atomic mass is 10.1. The van der Waals surface area contributed by atoms with Gasteiger partial charge in [-0.25, -0.2) is 4.98 Å². The molecule has 5 heteroatoms. The Balaban J connectivity index is 1.66. The zero-order chi connectivity index (χ0) is 17.2. The van der Waals surface area contributed by atoms with Crippen molar-refractivity contribution in [3.05, 3.63) is 81.9 Å². The van der Waals surface area contributed by atoms with E-state index >= 15 is 0 Å². The van der Waals surface area contributed by atoms with E-state index in [0.717, 1.165) is 18.5 Å². The summed E-state index contributed by atoms with van der Waals surface area (Å²) in [6.07, 6.45) is 3.82. The van der Waals surface area contributed by atoms with Gasteiger partial charge in [0.1, 0.15) is 5.65 Å². The third-order valence-electron chi connectivity index (χ3n) is 4.92. The maximum Gasteiger partial charge on any atom is 0.258 e. The average molecular weight is 335 g/mol. The molecular weight excluding hydrogens is 314 g/mol. The molecule has 1 unspecified atom stereocenters. The van der Waals surface area contributed by atoms with Crippen LogP contribution in [0.15, 0.2) is 59.5 Å². The molecule has 0 amide bonds. The molecule has 2 aromatic heterocycles. The van der Waals surface area contributed by atoms with Crippen LogP contribution in [-0.4, -0.2) is 32.5 Å². The first-order chi connectivity index (χ1) is 12.3. The van der Waals surface area contributed by atoms with Crippen LogP contribution in [0, 0.1) is 0 Å². The third-order valence-corrected chi connectivity index (χ3v) is 4.92. The highest BCUT2D eigenvalue weighted by atomic mass is 16.3. The van der Waals surface area contributed by atoms with E-state index in [2.05, 4.69) is 34.1 Å². The van der Waals surface area contributed by atoms with Crippen molar-refractivity contribution >= 4 is 5.65 Å². The summed E-state index contributed by atoms with van der Waals surface area (Å²) in [5.74, 6) is 0. The second-order valence-corrected chi connectivity index (χ2v) is 6.46. The molecule has 4 rings (SSSR count). The van der Waals surface area contributed by atoms with E-state index < -0.39 is 0 Å². The van der Waals surface area contributed by atoms with Crippen molar-refractivity contribution in [2.45, 2.75) is 25.4 Å². The number of pyridine rings is 1. The van der Waals surface area contributed by atoms with Crippen LogP contribution in [0.1, 0.15) is 29.3 Å². The molecule has 5 nitrogen and oxygen atoms in total. The maximum atomic E-state index is 12.3. The van der Waals surface area contributed by atoms with Crippen LogP contribution in [-0.2, 0) is 13.0 Å². The minimum Gasteiger partial charge on any atom is -0.395 e. The molecule has 0 saturated carbocycles. The first-order valence-electron chi connectivity index (χ1n) is 8.66. The predicted molar refractivity (Wildman–Crippen MR) is 96.5 cm³/mol. The minimum absolute atomic E-state index is 0.0728. The molecular formula is C20H21N3O2. The number of hydrogen-bond acceptors (Lipinski definition) is 4. The molecule has 0 aliphatic heterocycles. The van der Waals surface area contributed by atoms with Gasteiger partial charge in [-0.2, -0.15) is 0 Å². The summed E-state index contributed by atoms with van der Waals surface area (Å²) in [6, 6.07) is 15.9. The number of aromatic nitrogens is 2. The predicted octanol–water partition coefficient (Wildman–Crippen LogP) is 2.18. The monoisotopic (exact) mass is 335 g/mol. The van der Waals surface area contributed by atoms with Gasteiger partial charge >= 0.3 is 0 Å². The summed E-state index contributed by atoms with van der Waals surface area (Å²) >= 11 is 0. The summed E-state index contributed by atoms with van der Waals surface area (Å²) in [5, 5.41) is 9.52. The molecule has 0 radical (unpaired) electrons. The Hall–Kier alpha value is -2.50. The lowest BCUT2D eigenvalue weighted by Crippen LogP contribution is -2.31. The molecule has 2 heterocycles. The molecule has 3 aromatic rings. The summed E-state index contributed by atoms with van der Waals surface area (Å²) in [4.78, 5) is 19.2. The van der Waals surface area contributed by atoms with Crippen LogP contribution >= 0.6 is 0 Å². The van der Waals surface area contributed by atoms with Gasteiger partial charge in [-0.3, -0.25) is 14.1 Å². The molecule has 0 fully saturated rings. The number of nitrogens with zero attached hydrogens (tertiary/aromatic N) is 3. The summed E-state index contributed by atoms with van der Waals surface area (Å²) in [5.41, 5.74) is 4.03. The van der Waals surface area contributed by atoms with Crippen LogP contribution in [0.3, 0.4) is 0 Å². The quantitative estimate of drug-likeness (QED) is 0.776. The number of hydrogen-bond donors (Lipinski definition) is 1. The summed E-state index contributed by atoms with van der Waals surface area (Å²) in [6.45, 7) is 1.21. The second-order valence-electron chi connectivity index (χ2n) is 6.46. The first-order valence-corrected chi connectivity index (χ1v) is 8.66. The highest BCUT2D eigenvalue weighted by Crippen LogP contribution is 2.36. The smallest absolute Gasteiger partial charge is 0.258 e. The molecule has 0 spiro atoms. The zero-order valence-corrected chi connectivity index (χ0v) is 14.0. The van der Waals surface area contributed by atoms with Crippen LogP contribution in [0.2, 0.25) is 0 Å². The molecule has 0 saturated heterocycles. The first kappa shape index (κ1) is 16.0. The number of aliphatic hydroxyl groups excluding tert-OH is 1. The van der Waals surface area contributed by atoms with Gasteiger partial charge in [0.25, 0.3) is 5.56 Å². The molecule has 1 aliphatic rings. The van der Waals surface area contributed by atoms with Gasteiger partial charge in [0.05, 0.1) is 12.3 Å². The van der Waals surface area contributed by atoms with Gasteiger partial charge < -0.3 is 5.11 Å². The highest BCUT2D eigenvalue weighted by molar-refractivity contribution is 5.38. The van der Waals surface area contributed by atoms with E-state index in [1.807, 2.05) is 18.2 Å². The number of aryl methyl sites for hydroxylation is 1. The van der Waals surface area contributed by atoms with Gasteiger partial charge in [0, 0.05) is 31.4 Å². The van der Waals surface area contributed by atoms with Gasteiger partial charge in [-0.1, -0.05) is 30.3 Å². The van der Waals surface area contributed by atoms with E-state index in [9.17, 15) is 9.90 Å². The molecule has 128 valence electrons. The van der Waals surface area contributed by atoms with Crippen molar-refractivity contribution in [3.8, 4) is 0 Å².